The molecule has 0 aromatic heterocycles. The largest absolute Gasteiger partial charge is 0.235 e. The molecule has 4 heteroatoms. The predicted octanol–water partition coefficient (Wildman–Crippen LogP) is 3.63. The van der Waals surface area contributed by atoms with Crippen LogP contribution in [0.1, 0.15) is 19.4 Å². The number of hydrogen-bond donors (Lipinski definition) is 0. The van der Waals surface area contributed by atoms with Gasteiger partial charge in [-0.2, -0.15) is 4.99 Å². The third-order valence-corrected chi connectivity index (χ3v) is 3.40. The molecule has 1 aromatic carbocycles. The van der Waals surface area contributed by atoms with Gasteiger partial charge in [0.05, 0.1) is 10.6 Å². The fourth-order valence-electron chi connectivity index (χ4n) is 1.23. The van der Waals surface area contributed by atoms with Gasteiger partial charge < -0.3 is 0 Å². The Labute approximate surface area is 98.7 Å². The second kappa shape index (κ2) is 4.84. The Morgan fingerprint density at radius 3 is 2.60 bits per heavy atom. The molecule has 0 saturated heterocycles. The van der Waals surface area contributed by atoms with Gasteiger partial charge in [0.15, 0.2) is 0 Å². The molecule has 0 amide bonds. The maximum Gasteiger partial charge on any atom is 0.235 e. The van der Waals surface area contributed by atoms with Crippen molar-refractivity contribution in [1.29, 1.82) is 0 Å². The maximum atomic E-state index is 10.3. The van der Waals surface area contributed by atoms with Crippen LogP contribution in [0.5, 0.6) is 0 Å². The molecule has 0 atom stereocenters. The van der Waals surface area contributed by atoms with Crippen molar-refractivity contribution in [2.24, 2.45) is 4.99 Å². The Balaban J connectivity index is 3.17. The van der Waals surface area contributed by atoms with Gasteiger partial charge in [-0.25, -0.2) is 4.79 Å². The average molecular weight is 242 g/mol. The van der Waals surface area contributed by atoms with Crippen molar-refractivity contribution in [3.05, 3.63) is 28.8 Å². The Kier molecular flexibility index (Phi) is 3.97. The second-order valence-electron chi connectivity index (χ2n) is 3.61. The van der Waals surface area contributed by atoms with Crippen molar-refractivity contribution in [2.75, 3.05) is 6.26 Å². The van der Waals surface area contributed by atoms with Gasteiger partial charge in [-0.1, -0.05) is 17.7 Å². The molecule has 0 saturated carbocycles. The Hall–Kier alpha value is -0.760. The van der Waals surface area contributed by atoms with Gasteiger partial charge in [-0.05, 0) is 37.8 Å². The molecule has 2 nitrogen and oxygen atoms in total. The molecule has 0 bridgehead atoms. The zero-order chi connectivity index (χ0) is 11.5. The number of hydrogen-bond acceptors (Lipinski definition) is 3. The first kappa shape index (κ1) is 12.3. The first-order chi connectivity index (χ1) is 7.01. The molecule has 1 rings (SSSR count). The van der Waals surface area contributed by atoms with E-state index >= 15 is 0 Å². The fourth-order valence-corrected chi connectivity index (χ4v) is 2.10. The van der Waals surface area contributed by atoms with E-state index < -0.39 is 5.54 Å². The summed E-state index contributed by atoms with van der Waals surface area (Å²) in [6.45, 7) is 3.70. The fraction of sp³-hybridized carbons (Fsp3) is 0.364. The zero-order valence-electron chi connectivity index (χ0n) is 8.87. The van der Waals surface area contributed by atoms with Crippen molar-refractivity contribution in [2.45, 2.75) is 24.3 Å². The summed E-state index contributed by atoms with van der Waals surface area (Å²) in [5, 5.41) is 0.689. The summed E-state index contributed by atoms with van der Waals surface area (Å²) < 4.78 is 0. The third-order valence-electron chi connectivity index (χ3n) is 2.18. The highest BCUT2D eigenvalue weighted by Crippen LogP contribution is 2.31. The van der Waals surface area contributed by atoms with Crippen LogP contribution in [0.2, 0.25) is 5.02 Å². The Morgan fingerprint density at radius 2 is 2.13 bits per heavy atom. The van der Waals surface area contributed by atoms with Crippen LogP contribution >= 0.6 is 23.4 Å². The minimum absolute atomic E-state index is 0.567. The van der Waals surface area contributed by atoms with Gasteiger partial charge >= 0.3 is 0 Å². The first-order valence-corrected chi connectivity index (χ1v) is 6.04. The maximum absolute atomic E-state index is 10.3. The monoisotopic (exact) mass is 241 g/mol. The van der Waals surface area contributed by atoms with Crippen molar-refractivity contribution in [3.8, 4) is 0 Å². The van der Waals surface area contributed by atoms with Gasteiger partial charge in [0, 0.05) is 4.90 Å². The molecular formula is C11H12ClNOS. The van der Waals surface area contributed by atoms with Crippen LogP contribution in [0.4, 0.5) is 0 Å². The highest BCUT2D eigenvalue weighted by atomic mass is 35.5. The third kappa shape index (κ3) is 2.85. The second-order valence-corrected chi connectivity index (χ2v) is 4.87. The van der Waals surface area contributed by atoms with Gasteiger partial charge in [0.2, 0.25) is 6.08 Å². The van der Waals surface area contributed by atoms with E-state index in [1.807, 2.05) is 38.3 Å². The van der Waals surface area contributed by atoms with E-state index in [0.29, 0.717) is 5.02 Å². The molecule has 0 N–H and O–H groups in total. The molecule has 0 heterocycles. The van der Waals surface area contributed by atoms with E-state index in [0.717, 1.165) is 10.5 Å². The number of aliphatic imine (C=N–C) groups is 1. The average Bonchev–Trinajstić information content (AvgIpc) is 2.17. The van der Waals surface area contributed by atoms with Gasteiger partial charge in [-0.3, -0.25) is 0 Å². The van der Waals surface area contributed by atoms with Gasteiger partial charge in [0.1, 0.15) is 0 Å². The number of isocyanates is 1. The molecule has 15 heavy (non-hydrogen) atoms. The van der Waals surface area contributed by atoms with Crippen molar-refractivity contribution in [1.82, 2.24) is 0 Å². The smallest absolute Gasteiger partial charge is 0.211 e. The number of thioether (sulfide) groups is 1. The number of benzene rings is 1. The molecular weight excluding hydrogens is 230 g/mol. The molecule has 0 unspecified atom stereocenters. The van der Waals surface area contributed by atoms with Gasteiger partial charge in [-0.15, -0.1) is 11.8 Å². The van der Waals surface area contributed by atoms with Crippen molar-refractivity contribution in [3.63, 3.8) is 0 Å². The number of rotatable bonds is 3. The molecule has 1 aromatic rings. The minimum atomic E-state index is -0.567. The van der Waals surface area contributed by atoms with Crippen LogP contribution in [0.25, 0.3) is 0 Å². The molecule has 80 valence electrons. The van der Waals surface area contributed by atoms with Crippen molar-refractivity contribution < 1.29 is 4.79 Å². The number of nitrogens with zero attached hydrogens (tertiary/aromatic N) is 1. The number of carbonyl (C=O) groups excluding carboxylic acids is 1. The van der Waals surface area contributed by atoms with Crippen LogP contribution in [-0.4, -0.2) is 12.3 Å². The summed E-state index contributed by atoms with van der Waals surface area (Å²) in [5.41, 5.74) is 0.344. The lowest BCUT2D eigenvalue weighted by Crippen LogP contribution is -2.13. The number of halogens is 1. The van der Waals surface area contributed by atoms with Crippen LogP contribution in [-0.2, 0) is 10.3 Å². The summed E-state index contributed by atoms with van der Waals surface area (Å²) in [7, 11) is 0. The Morgan fingerprint density at radius 1 is 1.47 bits per heavy atom. The lowest BCUT2D eigenvalue weighted by molar-refractivity contribution is 0.522. The quantitative estimate of drug-likeness (QED) is 0.459. The predicted molar refractivity (Wildman–Crippen MR) is 64.4 cm³/mol. The molecule has 0 aliphatic rings. The van der Waals surface area contributed by atoms with E-state index in [9.17, 15) is 4.79 Å². The summed E-state index contributed by atoms with van der Waals surface area (Å²) in [6.07, 6.45) is 3.55. The normalized spacial score (nSPS) is 10.9. The molecule has 0 aliphatic heterocycles. The molecule has 0 aliphatic carbocycles. The highest BCUT2D eigenvalue weighted by Gasteiger charge is 2.20. The SMILES string of the molecule is CSc1ccc(C(C)(C)N=C=O)cc1Cl. The van der Waals surface area contributed by atoms with E-state index in [1.54, 1.807) is 17.8 Å². The van der Waals surface area contributed by atoms with Crippen molar-refractivity contribution >= 4 is 29.4 Å². The molecule has 0 spiro atoms. The lowest BCUT2D eigenvalue weighted by atomic mass is 9.95. The van der Waals surface area contributed by atoms with Gasteiger partial charge in [0.25, 0.3) is 0 Å². The van der Waals surface area contributed by atoms with Crippen LogP contribution < -0.4 is 0 Å². The first-order valence-electron chi connectivity index (χ1n) is 4.44. The van der Waals surface area contributed by atoms with E-state index in [1.165, 1.54) is 0 Å². The zero-order valence-corrected chi connectivity index (χ0v) is 10.4. The van der Waals surface area contributed by atoms with Crippen LogP contribution in [0.3, 0.4) is 0 Å². The Bertz CT molecular complexity index is 411. The van der Waals surface area contributed by atoms with Crippen LogP contribution in [0.15, 0.2) is 28.1 Å². The molecule has 0 radical (unpaired) electrons. The summed E-state index contributed by atoms with van der Waals surface area (Å²) in [6, 6.07) is 5.71. The topological polar surface area (TPSA) is 29.4 Å². The van der Waals surface area contributed by atoms with Crippen LogP contribution in [0, 0.1) is 0 Å². The summed E-state index contributed by atoms with van der Waals surface area (Å²) >= 11 is 7.66. The molecule has 0 fully saturated rings. The highest BCUT2D eigenvalue weighted by molar-refractivity contribution is 7.98. The summed E-state index contributed by atoms with van der Waals surface area (Å²) in [5.74, 6) is 0. The van der Waals surface area contributed by atoms with E-state index in [-0.39, 0.29) is 0 Å². The summed E-state index contributed by atoms with van der Waals surface area (Å²) in [4.78, 5) is 15.0. The standard InChI is InChI=1S/C11H12ClNOS/c1-11(2,13-7-14)8-4-5-10(15-3)9(12)6-8/h4-6H,1-3H3. The lowest BCUT2D eigenvalue weighted by Gasteiger charge is -2.18. The van der Waals surface area contributed by atoms with E-state index in [2.05, 4.69) is 4.99 Å². The van der Waals surface area contributed by atoms with E-state index in [4.69, 9.17) is 11.6 Å². The minimum Gasteiger partial charge on any atom is -0.211 e.